The first-order chi connectivity index (χ1) is 12.8. The van der Waals surface area contributed by atoms with Crippen molar-refractivity contribution in [1.82, 2.24) is 0 Å². The van der Waals surface area contributed by atoms with Crippen LogP contribution in [0.15, 0.2) is 0 Å². The lowest BCUT2D eigenvalue weighted by Crippen LogP contribution is -2.36. The highest BCUT2D eigenvalue weighted by molar-refractivity contribution is 5.69. The number of ether oxygens (including phenoxy) is 1. The molecule has 0 heterocycles. The molecular formula is C24H26O2. The lowest BCUT2D eigenvalue weighted by Gasteiger charge is -2.40. The first-order valence-electron chi connectivity index (χ1n) is 11.9. The number of carbonyl (C=O) groups excluding carboxylic acids is 1. The molecule has 0 bridgehead atoms. The van der Waals surface area contributed by atoms with Crippen molar-refractivity contribution >= 4 is 5.97 Å². The smallest absolute Gasteiger partial charge is 0.305 e. The molecule has 0 saturated heterocycles. The SMILES string of the molecule is COC(=O)CCC12C3C4C5C6C7C8C5C3C3C8C5C7C7C6C4C1C7C5C32. The Morgan fingerprint density at radius 3 is 1.23 bits per heavy atom. The van der Waals surface area contributed by atoms with Crippen molar-refractivity contribution in [3.63, 3.8) is 0 Å². The van der Waals surface area contributed by atoms with Gasteiger partial charge >= 0.3 is 5.97 Å². The van der Waals surface area contributed by atoms with Gasteiger partial charge in [0.05, 0.1) is 7.11 Å². The van der Waals surface area contributed by atoms with E-state index >= 15 is 0 Å². The number of rotatable bonds is 3. The van der Waals surface area contributed by atoms with E-state index in [0.717, 1.165) is 59.7 Å². The van der Waals surface area contributed by atoms with Crippen LogP contribution in [-0.2, 0) is 9.53 Å². The molecule has 12 aliphatic rings. The van der Waals surface area contributed by atoms with Crippen molar-refractivity contribution in [3.8, 4) is 0 Å². The van der Waals surface area contributed by atoms with E-state index in [1.54, 1.807) is 7.11 Å². The predicted molar refractivity (Wildman–Crippen MR) is 90.0 cm³/mol. The van der Waals surface area contributed by atoms with Crippen LogP contribution in [0.25, 0.3) is 0 Å². The second kappa shape index (κ2) is 2.88. The zero-order chi connectivity index (χ0) is 16.2. The molecule has 0 amide bonds. The lowest BCUT2D eigenvalue weighted by atomic mass is 9.64. The number of hydrogen-bond acceptors (Lipinski definition) is 2. The Morgan fingerprint density at radius 1 is 0.615 bits per heavy atom. The molecule has 12 rings (SSSR count). The Bertz CT molecular complexity index is 747. The molecule has 26 heavy (non-hydrogen) atoms. The normalized spacial score (nSPS) is 88.4. The van der Waals surface area contributed by atoms with Crippen LogP contribution in [0.1, 0.15) is 12.8 Å². The molecule has 0 aromatic rings. The van der Waals surface area contributed by atoms with Gasteiger partial charge in [0.25, 0.3) is 0 Å². The standard InChI is InChI=1S/C24H26O2/c1-26-4(25)2-3-24-21-15-9-6-5-7-11(9)17(21)19-13(7)14-8(5)12-10(6)16(15)22(24)18(12)20(14)23(19)24/h5-23H,2-3H2,1H3. The molecule has 0 aromatic heterocycles. The number of methoxy groups -OCH3 is 1. The van der Waals surface area contributed by atoms with Crippen LogP contribution < -0.4 is 0 Å². The molecule has 12 unspecified atom stereocenters. The molecule has 12 aliphatic carbocycles. The van der Waals surface area contributed by atoms with Gasteiger partial charge in [0.15, 0.2) is 0 Å². The number of esters is 1. The first-order valence-corrected chi connectivity index (χ1v) is 11.9. The van der Waals surface area contributed by atoms with Gasteiger partial charge in [0, 0.05) is 6.42 Å². The maximum Gasteiger partial charge on any atom is 0.305 e. The van der Waals surface area contributed by atoms with Gasteiger partial charge in [-0.1, -0.05) is 0 Å². The number of carbonyl (C=O) groups is 1. The second-order valence-electron chi connectivity index (χ2n) is 13.0. The van der Waals surface area contributed by atoms with Crippen molar-refractivity contribution in [1.29, 1.82) is 0 Å². The molecule has 0 radical (unpaired) electrons. The Hall–Kier alpha value is -0.530. The molecule has 12 atom stereocenters. The monoisotopic (exact) mass is 346 g/mol. The minimum Gasteiger partial charge on any atom is -0.469 e. The Labute approximate surface area is 153 Å². The van der Waals surface area contributed by atoms with E-state index in [4.69, 9.17) is 4.74 Å². The summed E-state index contributed by atoms with van der Waals surface area (Å²) in [5.74, 6) is 22.2. The van der Waals surface area contributed by atoms with Crippen molar-refractivity contribution in [2.45, 2.75) is 12.8 Å². The molecule has 134 valence electrons. The fraction of sp³-hybridized carbons (Fsp3) is 0.958. The van der Waals surface area contributed by atoms with E-state index in [1.165, 1.54) is 65.6 Å². The molecule has 0 aromatic carbocycles. The third-order valence-corrected chi connectivity index (χ3v) is 14.7. The van der Waals surface area contributed by atoms with Crippen LogP contribution in [0, 0.1) is 118 Å². The highest BCUT2D eigenvalue weighted by atomic mass is 16.5. The van der Waals surface area contributed by atoms with E-state index in [-0.39, 0.29) is 5.97 Å². The van der Waals surface area contributed by atoms with Crippen LogP contribution in [0.4, 0.5) is 0 Å². The van der Waals surface area contributed by atoms with Crippen molar-refractivity contribution in [2.75, 3.05) is 7.11 Å². The van der Waals surface area contributed by atoms with E-state index < -0.39 is 0 Å². The number of hydrogen-bond donors (Lipinski definition) is 0. The third-order valence-electron chi connectivity index (χ3n) is 14.7. The highest BCUT2D eigenvalue weighted by Crippen LogP contribution is 3.04. The van der Waals surface area contributed by atoms with Gasteiger partial charge in [-0.05, 0) is 124 Å². The molecular weight excluding hydrogens is 320 g/mol. The van der Waals surface area contributed by atoms with Crippen molar-refractivity contribution in [2.24, 2.45) is 118 Å². The highest BCUT2D eigenvalue weighted by Gasteiger charge is 3.01. The van der Waals surface area contributed by atoms with Gasteiger partial charge in [0.1, 0.15) is 0 Å². The summed E-state index contributed by atoms with van der Waals surface area (Å²) in [5.41, 5.74) is 0.631. The molecule has 12 fully saturated rings. The zero-order valence-corrected chi connectivity index (χ0v) is 15.2. The largest absolute Gasteiger partial charge is 0.469 e. The van der Waals surface area contributed by atoms with E-state index in [9.17, 15) is 4.79 Å². The van der Waals surface area contributed by atoms with Crippen molar-refractivity contribution in [3.05, 3.63) is 0 Å². The molecule has 12 saturated carbocycles. The minimum absolute atomic E-state index is 0.0803. The molecule has 0 spiro atoms. The Morgan fingerprint density at radius 2 is 0.923 bits per heavy atom. The summed E-state index contributed by atoms with van der Waals surface area (Å²) < 4.78 is 5.13. The fourth-order valence-electron chi connectivity index (χ4n) is 16.6. The molecule has 0 N–H and O–H groups in total. The fourth-order valence-corrected chi connectivity index (χ4v) is 16.6. The first kappa shape index (κ1) is 12.1. The quantitative estimate of drug-likeness (QED) is 0.735. The molecule has 2 nitrogen and oxygen atoms in total. The lowest BCUT2D eigenvalue weighted by molar-refractivity contribution is -0.141. The van der Waals surface area contributed by atoms with Gasteiger partial charge < -0.3 is 4.74 Å². The van der Waals surface area contributed by atoms with Crippen LogP contribution >= 0.6 is 0 Å². The summed E-state index contributed by atoms with van der Waals surface area (Å²) in [5, 5.41) is 0. The van der Waals surface area contributed by atoms with Crippen LogP contribution in [0.2, 0.25) is 0 Å². The maximum absolute atomic E-state index is 12.2. The van der Waals surface area contributed by atoms with Crippen LogP contribution in [0.3, 0.4) is 0 Å². The topological polar surface area (TPSA) is 26.3 Å². The van der Waals surface area contributed by atoms with E-state index in [2.05, 4.69) is 0 Å². The summed E-state index contributed by atoms with van der Waals surface area (Å²) in [6.07, 6.45) is 1.96. The van der Waals surface area contributed by atoms with Crippen molar-refractivity contribution < 1.29 is 9.53 Å². The van der Waals surface area contributed by atoms with Gasteiger partial charge in [-0.3, -0.25) is 4.79 Å². The van der Waals surface area contributed by atoms with Gasteiger partial charge in [-0.25, -0.2) is 0 Å². The zero-order valence-electron chi connectivity index (χ0n) is 15.2. The summed E-state index contributed by atoms with van der Waals surface area (Å²) in [6.45, 7) is 0. The summed E-state index contributed by atoms with van der Waals surface area (Å²) in [6, 6.07) is 0. The van der Waals surface area contributed by atoms with Crippen LogP contribution in [-0.4, -0.2) is 13.1 Å². The maximum atomic E-state index is 12.2. The van der Waals surface area contributed by atoms with Gasteiger partial charge in [0.2, 0.25) is 0 Å². The van der Waals surface area contributed by atoms with E-state index in [0.29, 0.717) is 5.41 Å². The Balaban J connectivity index is 1.25. The van der Waals surface area contributed by atoms with Crippen LogP contribution in [0.5, 0.6) is 0 Å². The average Bonchev–Trinajstić information content (AvgIpc) is 3.35. The van der Waals surface area contributed by atoms with E-state index in [1.807, 2.05) is 0 Å². The summed E-state index contributed by atoms with van der Waals surface area (Å²) in [4.78, 5) is 12.2. The third kappa shape index (κ3) is 0.665. The van der Waals surface area contributed by atoms with Gasteiger partial charge in [-0.2, -0.15) is 0 Å². The second-order valence-corrected chi connectivity index (χ2v) is 13.0. The predicted octanol–water partition coefficient (Wildman–Crippen LogP) is 2.78. The minimum atomic E-state index is 0.0803. The Kier molecular flexibility index (Phi) is 1.34. The summed E-state index contributed by atoms with van der Waals surface area (Å²) >= 11 is 0. The summed E-state index contributed by atoms with van der Waals surface area (Å²) in [7, 11) is 1.60. The molecule has 0 aliphatic heterocycles. The average molecular weight is 346 g/mol. The molecule has 2 heteroatoms. The van der Waals surface area contributed by atoms with Gasteiger partial charge in [-0.15, -0.1) is 0 Å².